The van der Waals surface area contributed by atoms with Crippen molar-refractivity contribution < 1.29 is 14.3 Å². The van der Waals surface area contributed by atoms with Crippen LogP contribution in [0.2, 0.25) is 0 Å². The number of nitro groups is 2. The van der Waals surface area contributed by atoms with Gasteiger partial charge in [-0.15, -0.1) is 0 Å². The van der Waals surface area contributed by atoms with E-state index < -0.39 is 15.7 Å². The maximum Gasteiger partial charge on any atom is 0.434 e. The number of hydrogen-bond acceptors (Lipinski definition) is 8. The molecule has 0 saturated carbocycles. The van der Waals surface area contributed by atoms with Crippen molar-refractivity contribution in [3.63, 3.8) is 0 Å². The first kappa shape index (κ1) is 14.0. The van der Waals surface area contributed by atoms with Gasteiger partial charge in [0.15, 0.2) is 11.5 Å². The van der Waals surface area contributed by atoms with E-state index in [1.807, 2.05) is 0 Å². The zero-order valence-corrected chi connectivity index (χ0v) is 10.6. The third kappa shape index (κ3) is 3.15. The average Bonchev–Trinajstić information content (AvgIpc) is 3.02. The highest BCUT2D eigenvalue weighted by Crippen LogP contribution is 2.13. The number of furan rings is 1. The normalized spacial score (nSPS) is 11.5. The molecule has 0 radical (unpaired) electrons. The van der Waals surface area contributed by atoms with Gasteiger partial charge in [-0.05, 0) is 11.0 Å². The Morgan fingerprint density at radius 2 is 1.95 bits per heavy atom. The quantitative estimate of drug-likeness (QED) is 0.461. The van der Waals surface area contributed by atoms with Crippen molar-refractivity contribution in [2.24, 2.45) is 17.3 Å². The van der Waals surface area contributed by atoms with Gasteiger partial charge in [0.2, 0.25) is 0 Å². The Morgan fingerprint density at radius 1 is 1.24 bits per heavy atom. The Bertz CT molecular complexity index is 743. The monoisotopic (exact) mass is 292 g/mol. The van der Waals surface area contributed by atoms with Crippen LogP contribution in [0, 0.1) is 20.2 Å². The Hall–Kier alpha value is -3.37. The fraction of sp³-hybridized carbons (Fsp3) is 0.100. The number of nitrogens with zero attached hydrogens (tertiary/aromatic N) is 6. The SMILES string of the molecule is Cn1c(C=NN=Cc2ccc([N+](=O)[O-])o2)cnc1[N+](=O)[O-]. The van der Waals surface area contributed by atoms with Crippen LogP contribution in [-0.2, 0) is 7.05 Å². The first-order chi connectivity index (χ1) is 9.99. The molecule has 2 aromatic heterocycles. The van der Waals surface area contributed by atoms with Gasteiger partial charge in [0.1, 0.15) is 11.1 Å². The molecule has 0 aliphatic rings. The Kier molecular flexibility index (Phi) is 3.83. The third-order valence-electron chi connectivity index (χ3n) is 2.40. The molecule has 11 nitrogen and oxygen atoms in total. The van der Waals surface area contributed by atoms with Gasteiger partial charge in [0, 0.05) is 0 Å². The maximum atomic E-state index is 10.6. The van der Waals surface area contributed by atoms with Crippen molar-refractivity contribution in [2.75, 3.05) is 0 Å². The molecule has 0 amide bonds. The number of imidazole rings is 1. The smallest absolute Gasteiger partial charge is 0.400 e. The van der Waals surface area contributed by atoms with E-state index in [4.69, 9.17) is 4.42 Å². The van der Waals surface area contributed by atoms with Crippen LogP contribution >= 0.6 is 0 Å². The van der Waals surface area contributed by atoms with E-state index in [2.05, 4.69) is 15.2 Å². The van der Waals surface area contributed by atoms with Gasteiger partial charge in [-0.1, -0.05) is 4.98 Å². The minimum absolute atomic E-state index is 0.162. The molecule has 0 unspecified atom stereocenters. The fourth-order valence-corrected chi connectivity index (χ4v) is 1.39. The standard InChI is InChI=1S/C10H8N6O5/c1-14-7(4-11-10(14)16(19)20)5-12-13-6-8-2-3-9(21-8)15(17)18/h2-6H,1H3. The minimum Gasteiger partial charge on any atom is -0.400 e. The summed E-state index contributed by atoms with van der Waals surface area (Å²) >= 11 is 0. The summed E-state index contributed by atoms with van der Waals surface area (Å²) in [7, 11) is 1.46. The molecule has 2 heterocycles. The lowest BCUT2D eigenvalue weighted by molar-refractivity contribution is -0.402. The van der Waals surface area contributed by atoms with Crippen molar-refractivity contribution in [3.05, 3.63) is 50.0 Å². The molecule has 0 N–H and O–H groups in total. The van der Waals surface area contributed by atoms with Crippen LogP contribution < -0.4 is 0 Å². The first-order valence-electron chi connectivity index (χ1n) is 5.46. The largest absolute Gasteiger partial charge is 0.434 e. The van der Waals surface area contributed by atoms with Gasteiger partial charge in [-0.3, -0.25) is 10.1 Å². The average molecular weight is 292 g/mol. The van der Waals surface area contributed by atoms with Crippen LogP contribution in [0.25, 0.3) is 0 Å². The molecule has 0 aromatic carbocycles. The second-order valence-electron chi connectivity index (χ2n) is 3.72. The van der Waals surface area contributed by atoms with Gasteiger partial charge in [-0.25, -0.2) is 4.57 Å². The van der Waals surface area contributed by atoms with Crippen LogP contribution in [-0.4, -0.2) is 31.8 Å². The molecule has 0 fully saturated rings. The van der Waals surface area contributed by atoms with Crippen molar-refractivity contribution in [1.29, 1.82) is 0 Å². The highest BCUT2D eigenvalue weighted by atomic mass is 16.6. The van der Waals surface area contributed by atoms with Gasteiger partial charge >= 0.3 is 11.8 Å². The van der Waals surface area contributed by atoms with E-state index >= 15 is 0 Å². The van der Waals surface area contributed by atoms with E-state index in [9.17, 15) is 20.2 Å². The number of hydrogen-bond donors (Lipinski definition) is 0. The van der Waals surface area contributed by atoms with Gasteiger partial charge in [0.05, 0.1) is 25.5 Å². The van der Waals surface area contributed by atoms with E-state index in [1.54, 1.807) is 0 Å². The van der Waals surface area contributed by atoms with Crippen molar-refractivity contribution >= 4 is 24.3 Å². The Labute approximate surface area is 116 Å². The molecule has 2 aromatic rings. The second kappa shape index (κ2) is 5.73. The highest BCUT2D eigenvalue weighted by Gasteiger charge is 2.15. The third-order valence-corrected chi connectivity index (χ3v) is 2.40. The second-order valence-corrected chi connectivity index (χ2v) is 3.72. The van der Waals surface area contributed by atoms with Crippen LogP contribution in [0.4, 0.5) is 11.8 Å². The van der Waals surface area contributed by atoms with Crippen LogP contribution in [0.5, 0.6) is 0 Å². The van der Waals surface area contributed by atoms with E-state index in [0.29, 0.717) is 5.69 Å². The Balaban J connectivity index is 2.06. The highest BCUT2D eigenvalue weighted by molar-refractivity contribution is 5.80. The predicted octanol–water partition coefficient (Wildman–Crippen LogP) is 1.28. The van der Waals surface area contributed by atoms with Crippen molar-refractivity contribution in [3.8, 4) is 0 Å². The van der Waals surface area contributed by atoms with Gasteiger partial charge in [0.25, 0.3) is 0 Å². The van der Waals surface area contributed by atoms with Crippen LogP contribution in [0.1, 0.15) is 11.5 Å². The predicted molar refractivity (Wildman–Crippen MR) is 70.4 cm³/mol. The number of rotatable bonds is 5. The summed E-state index contributed by atoms with van der Waals surface area (Å²) in [5.74, 6) is -0.556. The lowest BCUT2D eigenvalue weighted by Crippen LogP contribution is -2.01. The van der Waals surface area contributed by atoms with Crippen LogP contribution in [0.15, 0.2) is 32.9 Å². The van der Waals surface area contributed by atoms with Gasteiger partial charge in [-0.2, -0.15) is 10.2 Å². The summed E-state index contributed by atoms with van der Waals surface area (Å²) in [6.07, 6.45) is 3.71. The molecule has 0 saturated heterocycles. The van der Waals surface area contributed by atoms with E-state index in [-0.39, 0.29) is 11.7 Å². The summed E-state index contributed by atoms with van der Waals surface area (Å²) in [6, 6.07) is 2.56. The van der Waals surface area contributed by atoms with E-state index in [1.165, 1.54) is 42.4 Å². The first-order valence-corrected chi connectivity index (χ1v) is 5.46. The molecule has 21 heavy (non-hydrogen) atoms. The molecular weight excluding hydrogens is 284 g/mol. The lowest BCUT2D eigenvalue weighted by atomic mass is 10.5. The zero-order valence-electron chi connectivity index (χ0n) is 10.6. The minimum atomic E-state index is -0.671. The molecule has 11 heteroatoms. The topological polar surface area (TPSA) is 142 Å². The van der Waals surface area contributed by atoms with Crippen molar-refractivity contribution in [2.45, 2.75) is 0 Å². The van der Waals surface area contributed by atoms with Crippen LogP contribution in [0.3, 0.4) is 0 Å². The molecule has 108 valence electrons. The number of aromatic nitrogens is 2. The van der Waals surface area contributed by atoms with Crippen molar-refractivity contribution in [1.82, 2.24) is 9.55 Å². The summed E-state index contributed by atoms with van der Waals surface area (Å²) < 4.78 is 6.06. The molecular formula is C10H8N6O5. The molecule has 0 aliphatic heterocycles. The van der Waals surface area contributed by atoms with Gasteiger partial charge < -0.3 is 14.5 Å². The summed E-state index contributed by atoms with van der Waals surface area (Å²) in [5, 5.41) is 28.3. The Morgan fingerprint density at radius 3 is 2.52 bits per heavy atom. The zero-order chi connectivity index (χ0) is 15.4. The molecule has 0 aliphatic carbocycles. The fourth-order valence-electron chi connectivity index (χ4n) is 1.39. The molecule has 0 bridgehead atoms. The summed E-state index contributed by atoms with van der Waals surface area (Å²) in [6.45, 7) is 0. The summed E-state index contributed by atoms with van der Waals surface area (Å²) in [4.78, 5) is 23.3. The maximum absolute atomic E-state index is 10.6. The van der Waals surface area contributed by atoms with E-state index in [0.717, 1.165) is 0 Å². The lowest BCUT2D eigenvalue weighted by Gasteiger charge is -1.93. The molecule has 0 atom stereocenters. The molecule has 0 spiro atoms. The summed E-state index contributed by atoms with van der Waals surface area (Å²) in [5.41, 5.74) is 0.379. The molecule has 2 rings (SSSR count).